The molecule has 8 rings (SSSR count). The Morgan fingerprint density at radius 3 is 1.74 bits per heavy atom. The van der Waals surface area contributed by atoms with Gasteiger partial charge in [0.05, 0.1) is 0 Å². The molecule has 0 aliphatic heterocycles. The monoisotopic (exact) mass is 1070 g/mol. The number of hydrogen-bond acceptors (Lipinski definition) is 0. The molecule has 0 fully saturated rings. The van der Waals surface area contributed by atoms with Crippen molar-refractivity contribution in [2.24, 2.45) is 0 Å². The minimum atomic E-state index is -4.80. The average molecular weight is 1080 g/mol. The number of fused-ring (bicyclic) bond motifs is 2. The predicted octanol–water partition coefficient (Wildman–Crippen LogP) is 17.9. The standard InChI is InChI=1S/C28H21.C20H22BF6Si.C16H19.Zr/c1-5-13-23(14-6-1)21-27(25-17-9-3-10-18-25)28(26-19-11-4-12-20-26)22-24-15-7-2-8-16-24;1-9(2)14-15-13(18(21)11(4)16(15)19(22,23)24)7-12(10(3)8-28(5)6)17(14)20(25,26)27;1-10(2)13-8-14-6-12(5)7-16(14)15(9-13)11(3)4;/h1-21H;7-10H,1-6H3;7-8H,9H2,1-5H3;/q-1;;-1;+2. The molecule has 0 saturated heterocycles. The normalized spacial score (nSPS) is 14.9. The molecule has 3 aliphatic carbocycles. The number of alkyl halides is 6. The summed E-state index contributed by atoms with van der Waals surface area (Å²) in [5.74, 6) is -1.31. The molecule has 73 heavy (non-hydrogen) atoms. The van der Waals surface area contributed by atoms with E-state index in [1.807, 2.05) is 49.1 Å². The van der Waals surface area contributed by atoms with E-state index in [2.05, 4.69) is 156 Å². The summed E-state index contributed by atoms with van der Waals surface area (Å²) in [5, 5.41) is 0. The largest absolute Gasteiger partial charge is 2.00 e. The van der Waals surface area contributed by atoms with Crippen molar-refractivity contribution in [1.29, 1.82) is 0 Å². The van der Waals surface area contributed by atoms with Crippen molar-refractivity contribution < 1.29 is 52.5 Å². The smallest absolute Gasteiger partial charge is 0.123 e. The van der Waals surface area contributed by atoms with Crippen molar-refractivity contribution in [2.75, 3.05) is 0 Å². The zero-order chi connectivity index (χ0) is 52.7. The van der Waals surface area contributed by atoms with E-state index >= 15 is 0 Å². The third-order valence-electron chi connectivity index (χ3n) is 12.7. The summed E-state index contributed by atoms with van der Waals surface area (Å²) < 4.78 is 83.6. The third-order valence-corrected chi connectivity index (χ3v) is 13.9. The van der Waals surface area contributed by atoms with Gasteiger partial charge in [-0.2, -0.15) is 11.6 Å². The van der Waals surface area contributed by atoms with Gasteiger partial charge >= 0.3 is 190 Å². The maximum atomic E-state index is 14.1. The van der Waals surface area contributed by atoms with Gasteiger partial charge in [0.15, 0.2) is 0 Å². The molecule has 0 nitrogen and oxygen atoms in total. The fraction of sp³-hybridized carbons (Fsp3) is 0.250. The van der Waals surface area contributed by atoms with Crippen LogP contribution in [0, 0.1) is 12.2 Å². The topological polar surface area (TPSA) is 0 Å². The predicted molar refractivity (Wildman–Crippen MR) is 295 cm³/mol. The maximum Gasteiger partial charge on any atom is 2.00 e. The molecular formula is C64H62BF6SiZr. The fourth-order valence-corrected chi connectivity index (χ4v) is 10.6. The molecular weight excluding hydrogens is 1010 g/mol. The minimum absolute atomic E-state index is 0. The van der Waals surface area contributed by atoms with Gasteiger partial charge in [-0.05, 0) is 39.7 Å². The van der Waals surface area contributed by atoms with Crippen molar-refractivity contribution in [2.45, 2.75) is 106 Å². The molecule has 5 aromatic rings. The van der Waals surface area contributed by atoms with E-state index in [0.29, 0.717) is 0 Å². The number of benzene rings is 5. The van der Waals surface area contributed by atoms with Crippen LogP contribution in [0.3, 0.4) is 0 Å². The van der Waals surface area contributed by atoms with Crippen LogP contribution >= 0.6 is 0 Å². The van der Waals surface area contributed by atoms with E-state index in [9.17, 15) is 26.3 Å². The Hall–Kier alpha value is -5.50. The summed E-state index contributed by atoms with van der Waals surface area (Å²) in [5.41, 5.74) is 15.3. The summed E-state index contributed by atoms with van der Waals surface area (Å²) in [7, 11) is 4.98. The van der Waals surface area contributed by atoms with Crippen LogP contribution in [0.1, 0.15) is 131 Å². The Bertz CT molecular complexity index is 3000. The zero-order valence-electron chi connectivity index (χ0n) is 43.6. The number of hydrogen-bond donors (Lipinski definition) is 0. The van der Waals surface area contributed by atoms with Crippen LogP contribution in [0.4, 0.5) is 26.3 Å². The molecule has 0 N–H and O–H groups in total. The molecule has 1 radical (unpaired) electrons. The Kier molecular flexibility index (Phi) is 20.1. The Balaban J connectivity index is 0.000000209. The SMILES string of the molecule is CC1=[C-]C2=CC(=C(C)C)CC(=C(C)C)C2=C1.[B]=C1C(C)=C(C(F)(F)F)c2c1cc(C(C)C=[Si](C)C)c(C(F)(F)F)c2C(C)C.[C-](=C(C(=Cc1ccccc1)c1ccccc1)c1ccccc1)c1ccccc1.[Zr+2]. The van der Waals surface area contributed by atoms with Crippen LogP contribution in [0.2, 0.25) is 13.1 Å². The first-order chi connectivity index (χ1) is 34.0. The Morgan fingerprint density at radius 2 is 1.25 bits per heavy atom. The molecule has 3 aliphatic rings. The van der Waals surface area contributed by atoms with Crippen LogP contribution in [-0.4, -0.2) is 33.2 Å². The van der Waals surface area contributed by atoms with Crippen LogP contribution in [-0.2, 0) is 32.4 Å². The van der Waals surface area contributed by atoms with Crippen LogP contribution in [0.5, 0.6) is 0 Å². The van der Waals surface area contributed by atoms with E-state index in [-0.39, 0.29) is 53.9 Å². The second kappa shape index (κ2) is 25.2. The summed E-state index contributed by atoms with van der Waals surface area (Å²) >= 11 is 0. The van der Waals surface area contributed by atoms with Gasteiger partial charge < -0.3 is 0 Å². The molecule has 0 saturated carbocycles. The van der Waals surface area contributed by atoms with E-state index < -0.39 is 49.3 Å². The molecule has 0 heterocycles. The second-order valence-electron chi connectivity index (χ2n) is 19.4. The van der Waals surface area contributed by atoms with E-state index in [4.69, 9.17) is 7.49 Å². The van der Waals surface area contributed by atoms with Gasteiger partial charge in [-0.15, -0.1) is 52.6 Å². The summed E-state index contributed by atoms with van der Waals surface area (Å²) in [6.45, 7) is 20.6. The minimum Gasteiger partial charge on any atom is -0.123 e. The van der Waals surface area contributed by atoms with Crippen LogP contribution in [0.15, 0.2) is 184 Å². The zero-order valence-corrected chi connectivity index (χ0v) is 47.1. The Labute approximate surface area is 451 Å². The van der Waals surface area contributed by atoms with Crippen LogP contribution < -0.4 is 0 Å². The fourth-order valence-electron chi connectivity index (χ4n) is 9.38. The molecule has 0 amide bonds. The van der Waals surface area contributed by atoms with Crippen molar-refractivity contribution >= 4 is 49.8 Å². The summed E-state index contributed by atoms with van der Waals surface area (Å²) in [6.07, 6.45) is 5.41. The van der Waals surface area contributed by atoms with Gasteiger partial charge in [0.25, 0.3) is 0 Å². The molecule has 0 bridgehead atoms. The van der Waals surface area contributed by atoms with Gasteiger partial charge in [-0.3, -0.25) is 0 Å². The first kappa shape index (κ1) is 58.4. The van der Waals surface area contributed by atoms with E-state index in [0.717, 1.165) is 28.7 Å². The molecule has 0 spiro atoms. The van der Waals surface area contributed by atoms with Crippen LogP contribution in [0.25, 0.3) is 22.8 Å². The average Bonchev–Trinajstić information content (AvgIpc) is 3.84. The van der Waals surface area contributed by atoms with Crippen molar-refractivity contribution in [1.82, 2.24) is 0 Å². The van der Waals surface area contributed by atoms with E-state index in [1.54, 1.807) is 6.92 Å². The van der Waals surface area contributed by atoms with Gasteiger partial charge in [0.2, 0.25) is 0 Å². The first-order valence-electron chi connectivity index (χ1n) is 24.3. The number of allylic oxidation sites excluding steroid dienone is 14. The number of rotatable bonds is 8. The third kappa shape index (κ3) is 14.4. The van der Waals surface area contributed by atoms with Crippen molar-refractivity contribution in [3.8, 4) is 0 Å². The first-order valence-corrected chi connectivity index (χ1v) is 26.8. The van der Waals surface area contributed by atoms with Gasteiger partial charge in [0, 0.05) is 0 Å². The molecule has 5 aromatic carbocycles. The maximum absolute atomic E-state index is 14.1. The van der Waals surface area contributed by atoms with Gasteiger partial charge in [-0.25, -0.2) is 0 Å². The Morgan fingerprint density at radius 1 is 0.712 bits per heavy atom. The molecule has 1 unspecified atom stereocenters. The quantitative estimate of drug-likeness (QED) is 0.0478. The van der Waals surface area contributed by atoms with Gasteiger partial charge in [-0.1, -0.05) is 161 Å². The summed E-state index contributed by atoms with van der Waals surface area (Å²) in [6, 6.07) is 43.0. The number of halogens is 6. The van der Waals surface area contributed by atoms with Crippen molar-refractivity contribution in [3.05, 3.63) is 246 Å². The van der Waals surface area contributed by atoms with E-state index in [1.165, 1.54) is 77.0 Å². The summed E-state index contributed by atoms with van der Waals surface area (Å²) in [4.78, 5) is 0. The van der Waals surface area contributed by atoms with Gasteiger partial charge in [0.1, 0.15) is 0 Å². The molecule has 371 valence electrons. The van der Waals surface area contributed by atoms with Crippen molar-refractivity contribution in [3.63, 3.8) is 0 Å². The second-order valence-corrected chi connectivity index (χ2v) is 21.9. The molecule has 0 aromatic heterocycles. The molecule has 1 atom stereocenters. The molecule has 9 heteroatoms.